The van der Waals surface area contributed by atoms with Crippen molar-refractivity contribution >= 4 is 23.5 Å². The van der Waals surface area contributed by atoms with Gasteiger partial charge in [0, 0.05) is 5.56 Å². The van der Waals surface area contributed by atoms with E-state index in [0.29, 0.717) is 21.9 Å². The SMILES string of the molecule is COc1cccc([C@@H]2NC(=O)c3c(n[nH]c3N)S2)c1O. The van der Waals surface area contributed by atoms with Crippen LogP contribution in [0.1, 0.15) is 21.3 Å². The topological polar surface area (TPSA) is 113 Å². The van der Waals surface area contributed by atoms with Crippen molar-refractivity contribution in [2.45, 2.75) is 10.4 Å². The Kier molecular flexibility index (Phi) is 2.94. The number of phenols is 1. The van der Waals surface area contributed by atoms with Crippen LogP contribution in [0.4, 0.5) is 5.82 Å². The van der Waals surface area contributed by atoms with Crippen molar-refractivity contribution in [2.24, 2.45) is 0 Å². The average molecular weight is 292 g/mol. The van der Waals surface area contributed by atoms with Crippen LogP contribution in [0.2, 0.25) is 0 Å². The summed E-state index contributed by atoms with van der Waals surface area (Å²) < 4.78 is 5.06. The number of carbonyl (C=O) groups excluding carboxylic acids is 1. The van der Waals surface area contributed by atoms with Gasteiger partial charge in [-0.2, -0.15) is 5.10 Å². The summed E-state index contributed by atoms with van der Waals surface area (Å²) in [4.78, 5) is 12.0. The van der Waals surface area contributed by atoms with Crippen molar-refractivity contribution in [2.75, 3.05) is 12.8 Å². The third-order valence-corrected chi connectivity index (χ3v) is 4.14. The van der Waals surface area contributed by atoms with Gasteiger partial charge in [-0.1, -0.05) is 23.9 Å². The number of aromatic nitrogens is 2. The lowest BCUT2D eigenvalue weighted by Crippen LogP contribution is -2.31. The smallest absolute Gasteiger partial charge is 0.258 e. The lowest BCUT2D eigenvalue weighted by Gasteiger charge is -2.23. The zero-order chi connectivity index (χ0) is 14.3. The highest BCUT2D eigenvalue weighted by Crippen LogP contribution is 2.44. The minimum Gasteiger partial charge on any atom is -0.504 e. The molecule has 0 unspecified atom stereocenters. The van der Waals surface area contributed by atoms with Crippen LogP contribution in [0.3, 0.4) is 0 Å². The van der Waals surface area contributed by atoms with Crippen molar-refractivity contribution in [3.63, 3.8) is 0 Å². The van der Waals surface area contributed by atoms with Crippen molar-refractivity contribution < 1.29 is 14.6 Å². The van der Waals surface area contributed by atoms with Gasteiger partial charge in [-0.25, -0.2) is 0 Å². The van der Waals surface area contributed by atoms with Gasteiger partial charge in [-0.05, 0) is 6.07 Å². The molecule has 8 heteroatoms. The number of H-pyrrole nitrogens is 1. The Labute approximate surface area is 118 Å². The predicted octanol–water partition coefficient (Wildman–Crippen LogP) is 1.24. The van der Waals surface area contributed by atoms with Gasteiger partial charge in [0.2, 0.25) is 0 Å². The number of hydrogen-bond donors (Lipinski definition) is 4. The first kappa shape index (κ1) is 12.7. The van der Waals surface area contributed by atoms with Gasteiger partial charge in [-0.15, -0.1) is 0 Å². The average Bonchev–Trinajstić information content (AvgIpc) is 2.81. The molecule has 0 bridgehead atoms. The highest BCUT2D eigenvalue weighted by Gasteiger charge is 2.32. The molecule has 3 rings (SSSR count). The summed E-state index contributed by atoms with van der Waals surface area (Å²) in [6.07, 6.45) is 0. The second-order valence-electron chi connectivity index (χ2n) is 4.19. The summed E-state index contributed by atoms with van der Waals surface area (Å²) in [5.74, 6) is 0.264. The highest BCUT2D eigenvalue weighted by molar-refractivity contribution is 7.99. The number of hydrogen-bond acceptors (Lipinski definition) is 6. The van der Waals surface area contributed by atoms with Crippen LogP contribution in [0.25, 0.3) is 0 Å². The number of thioether (sulfide) groups is 1. The predicted molar refractivity (Wildman–Crippen MR) is 73.7 cm³/mol. The number of amides is 1. The summed E-state index contributed by atoms with van der Waals surface area (Å²) in [5, 5.41) is 19.5. The molecule has 0 saturated heterocycles. The van der Waals surface area contributed by atoms with Crippen LogP contribution in [0, 0.1) is 0 Å². The monoisotopic (exact) mass is 292 g/mol. The van der Waals surface area contributed by atoms with Gasteiger partial charge in [-0.3, -0.25) is 9.89 Å². The molecule has 1 aromatic carbocycles. The number of aromatic hydroxyl groups is 1. The number of para-hydroxylation sites is 1. The number of nitrogens with two attached hydrogens (primary N) is 1. The Bertz CT molecular complexity index is 685. The fourth-order valence-electron chi connectivity index (χ4n) is 2.03. The molecular formula is C12H12N4O3S. The maximum atomic E-state index is 12.0. The number of anilines is 1. The number of rotatable bonds is 2. The van der Waals surface area contributed by atoms with Crippen LogP contribution in [0.5, 0.6) is 11.5 Å². The molecule has 20 heavy (non-hydrogen) atoms. The molecule has 0 aliphatic carbocycles. The van der Waals surface area contributed by atoms with E-state index in [1.54, 1.807) is 18.2 Å². The quantitative estimate of drug-likeness (QED) is 0.662. The second kappa shape index (κ2) is 4.64. The maximum absolute atomic E-state index is 12.0. The van der Waals surface area contributed by atoms with Gasteiger partial charge in [0.15, 0.2) is 11.5 Å². The molecule has 0 saturated carbocycles. The normalized spacial score (nSPS) is 17.4. The molecule has 0 spiro atoms. The summed E-state index contributed by atoms with van der Waals surface area (Å²) in [6.45, 7) is 0. The molecule has 104 valence electrons. The molecule has 1 aliphatic heterocycles. The number of carbonyl (C=O) groups is 1. The van der Waals surface area contributed by atoms with Crippen molar-refractivity contribution in [3.05, 3.63) is 29.3 Å². The Morgan fingerprint density at radius 1 is 1.50 bits per heavy atom. The summed E-state index contributed by atoms with van der Waals surface area (Å²) in [5.41, 5.74) is 6.54. The molecule has 1 aliphatic rings. The molecule has 1 aromatic heterocycles. The summed E-state index contributed by atoms with van der Waals surface area (Å²) in [7, 11) is 1.47. The Balaban J connectivity index is 2.00. The van der Waals surface area contributed by atoms with Gasteiger partial charge in [0.1, 0.15) is 21.8 Å². The first-order valence-corrected chi connectivity index (χ1v) is 6.67. The number of nitrogens with zero attached hydrogens (tertiary/aromatic N) is 1. The zero-order valence-corrected chi connectivity index (χ0v) is 11.3. The van der Waals surface area contributed by atoms with E-state index in [-0.39, 0.29) is 17.5 Å². The zero-order valence-electron chi connectivity index (χ0n) is 10.5. The largest absolute Gasteiger partial charge is 0.504 e. The van der Waals surface area contributed by atoms with E-state index in [2.05, 4.69) is 15.5 Å². The molecule has 2 heterocycles. The Hall–Kier alpha value is -2.35. The van der Waals surface area contributed by atoms with Crippen LogP contribution in [-0.2, 0) is 0 Å². The van der Waals surface area contributed by atoms with Gasteiger partial charge >= 0.3 is 0 Å². The second-order valence-corrected chi connectivity index (χ2v) is 5.28. The maximum Gasteiger partial charge on any atom is 0.258 e. The van der Waals surface area contributed by atoms with Crippen LogP contribution in [-0.4, -0.2) is 28.3 Å². The fraction of sp³-hybridized carbons (Fsp3) is 0.167. The van der Waals surface area contributed by atoms with Crippen molar-refractivity contribution in [3.8, 4) is 11.5 Å². The fourth-order valence-corrected chi connectivity index (χ4v) is 3.16. The van der Waals surface area contributed by atoms with Gasteiger partial charge < -0.3 is 20.9 Å². The number of methoxy groups -OCH3 is 1. The van der Waals surface area contributed by atoms with Crippen LogP contribution < -0.4 is 15.8 Å². The van der Waals surface area contributed by atoms with E-state index < -0.39 is 5.37 Å². The van der Waals surface area contributed by atoms with Crippen LogP contribution >= 0.6 is 11.8 Å². The van der Waals surface area contributed by atoms with E-state index in [9.17, 15) is 9.90 Å². The molecule has 1 amide bonds. The Morgan fingerprint density at radius 3 is 3.05 bits per heavy atom. The van der Waals surface area contributed by atoms with Gasteiger partial charge in [0.05, 0.1) is 7.11 Å². The number of phenolic OH excluding ortho intramolecular Hbond substituents is 1. The van der Waals surface area contributed by atoms with E-state index in [1.807, 2.05) is 0 Å². The third kappa shape index (κ3) is 1.85. The summed E-state index contributed by atoms with van der Waals surface area (Å²) in [6, 6.07) is 5.11. The molecular weight excluding hydrogens is 280 g/mol. The van der Waals surface area contributed by atoms with E-state index >= 15 is 0 Å². The number of nitrogens with one attached hydrogen (secondary N) is 2. The molecule has 0 fully saturated rings. The Morgan fingerprint density at radius 2 is 2.30 bits per heavy atom. The minimum atomic E-state index is -0.451. The molecule has 1 atom stereocenters. The van der Waals surface area contributed by atoms with E-state index in [0.717, 1.165) is 0 Å². The number of ether oxygens (including phenoxy) is 1. The van der Waals surface area contributed by atoms with E-state index in [1.165, 1.54) is 18.9 Å². The minimum absolute atomic E-state index is 0.000224. The molecule has 0 radical (unpaired) electrons. The lowest BCUT2D eigenvalue weighted by molar-refractivity contribution is 0.0944. The van der Waals surface area contributed by atoms with Crippen molar-refractivity contribution in [1.29, 1.82) is 0 Å². The molecule has 5 N–H and O–H groups in total. The third-order valence-electron chi connectivity index (χ3n) is 3.01. The number of nitrogen functional groups attached to an aromatic ring is 1. The highest BCUT2D eigenvalue weighted by atomic mass is 32.2. The standard InChI is InChI=1S/C12H12N4O3S/c1-19-6-4-2-3-5(8(6)17)11-14-10(18)7-9(13)15-16-12(7)20-11/h2-4,11,17H,1H3,(H,14,18)(H3,13,15,16)/t11-/m1/s1. The number of aromatic amines is 1. The number of fused-ring (bicyclic) bond motifs is 1. The molecule has 2 aromatic rings. The number of benzene rings is 1. The lowest BCUT2D eigenvalue weighted by atomic mass is 10.1. The van der Waals surface area contributed by atoms with Crippen LogP contribution in [0.15, 0.2) is 23.2 Å². The first-order valence-electron chi connectivity index (χ1n) is 5.79. The first-order chi connectivity index (χ1) is 9.61. The van der Waals surface area contributed by atoms with Crippen molar-refractivity contribution in [1.82, 2.24) is 15.5 Å². The summed E-state index contributed by atoms with van der Waals surface area (Å²) >= 11 is 1.30. The van der Waals surface area contributed by atoms with E-state index in [4.69, 9.17) is 10.5 Å². The molecule has 7 nitrogen and oxygen atoms in total. The van der Waals surface area contributed by atoms with Gasteiger partial charge in [0.25, 0.3) is 5.91 Å².